The monoisotopic (exact) mass is 235 g/mol. The summed E-state index contributed by atoms with van der Waals surface area (Å²) in [6, 6.07) is 8.21. The molecule has 94 valence electrons. The zero-order valence-electron chi connectivity index (χ0n) is 10.4. The molecular formula is C14H21NO2. The molecule has 0 aliphatic carbocycles. The van der Waals surface area contributed by atoms with E-state index >= 15 is 0 Å². The maximum absolute atomic E-state index is 5.78. The highest BCUT2D eigenvalue weighted by Crippen LogP contribution is 2.17. The Hall–Kier alpha value is -1.06. The van der Waals surface area contributed by atoms with Gasteiger partial charge in [-0.2, -0.15) is 0 Å². The zero-order valence-corrected chi connectivity index (χ0v) is 10.4. The van der Waals surface area contributed by atoms with Crippen molar-refractivity contribution in [3.8, 4) is 5.75 Å². The molecule has 0 spiro atoms. The molecule has 0 bridgehead atoms. The minimum Gasteiger partial charge on any atom is -0.491 e. The van der Waals surface area contributed by atoms with E-state index in [9.17, 15) is 0 Å². The van der Waals surface area contributed by atoms with E-state index in [0.29, 0.717) is 6.61 Å². The second kappa shape index (κ2) is 6.62. The summed E-state index contributed by atoms with van der Waals surface area (Å²) >= 11 is 0. The van der Waals surface area contributed by atoms with Crippen molar-refractivity contribution < 1.29 is 9.47 Å². The van der Waals surface area contributed by atoms with Crippen molar-refractivity contribution in [3.05, 3.63) is 29.8 Å². The summed E-state index contributed by atoms with van der Waals surface area (Å²) in [5.41, 5.74) is 1.24. The fraction of sp³-hybridized carbons (Fsp3) is 0.571. The Kier molecular flexibility index (Phi) is 4.83. The van der Waals surface area contributed by atoms with Gasteiger partial charge in [0.1, 0.15) is 12.4 Å². The van der Waals surface area contributed by atoms with E-state index in [-0.39, 0.29) is 6.10 Å². The lowest BCUT2D eigenvalue weighted by Gasteiger charge is -2.22. The van der Waals surface area contributed by atoms with Gasteiger partial charge in [-0.25, -0.2) is 0 Å². The third-order valence-electron chi connectivity index (χ3n) is 2.99. The van der Waals surface area contributed by atoms with Gasteiger partial charge in [-0.1, -0.05) is 12.1 Å². The van der Waals surface area contributed by atoms with Gasteiger partial charge in [0.15, 0.2) is 0 Å². The van der Waals surface area contributed by atoms with E-state index < -0.39 is 0 Å². The van der Waals surface area contributed by atoms with Crippen molar-refractivity contribution >= 4 is 0 Å². The van der Waals surface area contributed by atoms with E-state index in [0.717, 1.165) is 25.3 Å². The van der Waals surface area contributed by atoms with Gasteiger partial charge in [-0.05, 0) is 44.0 Å². The van der Waals surface area contributed by atoms with E-state index in [1.54, 1.807) is 0 Å². The van der Waals surface area contributed by atoms with Crippen LogP contribution in [0.5, 0.6) is 5.75 Å². The molecule has 1 fully saturated rings. The average Bonchev–Trinajstić information content (AvgIpc) is 2.39. The Labute approximate surface area is 103 Å². The van der Waals surface area contributed by atoms with Crippen LogP contribution in [0.1, 0.15) is 24.8 Å². The zero-order chi connectivity index (χ0) is 11.9. The van der Waals surface area contributed by atoms with E-state index in [2.05, 4.69) is 17.4 Å². The van der Waals surface area contributed by atoms with Gasteiger partial charge in [0.25, 0.3) is 0 Å². The second-order valence-electron chi connectivity index (χ2n) is 4.48. The Bertz CT molecular complexity index is 335. The molecule has 1 saturated heterocycles. The SMILES string of the molecule is CNCc1cccc(OCC2CCCCO2)c1. The van der Waals surface area contributed by atoms with E-state index in [4.69, 9.17) is 9.47 Å². The first kappa shape index (κ1) is 12.4. The Morgan fingerprint density at radius 2 is 2.35 bits per heavy atom. The molecule has 0 saturated carbocycles. The number of hydrogen-bond donors (Lipinski definition) is 1. The molecule has 17 heavy (non-hydrogen) atoms. The molecule has 1 aliphatic rings. The lowest BCUT2D eigenvalue weighted by molar-refractivity contribution is -0.0110. The molecule has 0 amide bonds. The fourth-order valence-corrected chi connectivity index (χ4v) is 2.08. The highest BCUT2D eigenvalue weighted by Gasteiger charge is 2.14. The molecule has 0 aromatic heterocycles. The Morgan fingerprint density at radius 1 is 1.41 bits per heavy atom. The van der Waals surface area contributed by atoms with Gasteiger partial charge in [0, 0.05) is 13.2 Å². The van der Waals surface area contributed by atoms with Crippen molar-refractivity contribution in [2.24, 2.45) is 0 Å². The van der Waals surface area contributed by atoms with Crippen LogP contribution < -0.4 is 10.1 Å². The summed E-state index contributed by atoms with van der Waals surface area (Å²) in [4.78, 5) is 0. The molecule has 1 N–H and O–H groups in total. The van der Waals surface area contributed by atoms with Crippen LogP contribution in [0.4, 0.5) is 0 Å². The topological polar surface area (TPSA) is 30.5 Å². The minimum atomic E-state index is 0.275. The third kappa shape index (κ3) is 4.02. The van der Waals surface area contributed by atoms with Crippen LogP contribution in [0.15, 0.2) is 24.3 Å². The third-order valence-corrected chi connectivity index (χ3v) is 2.99. The number of hydrogen-bond acceptors (Lipinski definition) is 3. The average molecular weight is 235 g/mol. The molecule has 1 aliphatic heterocycles. The van der Waals surface area contributed by atoms with Crippen LogP contribution in [0, 0.1) is 0 Å². The van der Waals surface area contributed by atoms with Crippen molar-refractivity contribution in [2.75, 3.05) is 20.3 Å². The van der Waals surface area contributed by atoms with E-state index in [1.807, 2.05) is 19.2 Å². The highest BCUT2D eigenvalue weighted by molar-refractivity contribution is 5.28. The smallest absolute Gasteiger partial charge is 0.119 e. The predicted molar refractivity (Wildman–Crippen MR) is 68.3 cm³/mol. The largest absolute Gasteiger partial charge is 0.491 e. The van der Waals surface area contributed by atoms with Gasteiger partial charge >= 0.3 is 0 Å². The Morgan fingerprint density at radius 3 is 3.12 bits per heavy atom. The van der Waals surface area contributed by atoms with Gasteiger partial charge < -0.3 is 14.8 Å². The Balaban J connectivity index is 1.83. The van der Waals surface area contributed by atoms with Gasteiger partial charge in [-0.3, -0.25) is 0 Å². The first-order chi connectivity index (χ1) is 8.38. The lowest BCUT2D eigenvalue weighted by atomic mass is 10.1. The van der Waals surface area contributed by atoms with Crippen molar-refractivity contribution in [1.29, 1.82) is 0 Å². The minimum absolute atomic E-state index is 0.275. The summed E-state index contributed by atoms with van der Waals surface area (Å²) in [7, 11) is 1.95. The second-order valence-corrected chi connectivity index (χ2v) is 4.48. The summed E-state index contributed by atoms with van der Waals surface area (Å²) in [6.07, 6.45) is 3.84. The first-order valence-corrected chi connectivity index (χ1v) is 6.36. The summed E-state index contributed by atoms with van der Waals surface area (Å²) in [6.45, 7) is 2.42. The number of rotatable bonds is 5. The molecule has 1 heterocycles. The molecule has 3 nitrogen and oxygen atoms in total. The van der Waals surface area contributed by atoms with Crippen molar-refractivity contribution in [3.63, 3.8) is 0 Å². The maximum atomic E-state index is 5.78. The summed E-state index contributed by atoms with van der Waals surface area (Å²) in [5, 5.41) is 3.14. The number of ether oxygens (including phenoxy) is 2. The van der Waals surface area contributed by atoms with Crippen molar-refractivity contribution in [1.82, 2.24) is 5.32 Å². The molecular weight excluding hydrogens is 214 g/mol. The van der Waals surface area contributed by atoms with Crippen LogP contribution in [0.2, 0.25) is 0 Å². The normalized spacial score (nSPS) is 20.2. The number of nitrogens with one attached hydrogen (secondary N) is 1. The molecule has 2 rings (SSSR count). The molecule has 1 aromatic rings. The molecule has 3 heteroatoms. The van der Waals surface area contributed by atoms with Crippen LogP contribution >= 0.6 is 0 Å². The number of benzene rings is 1. The van der Waals surface area contributed by atoms with Gasteiger partial charge in [0.2, 0.25) is 0 Å². The first-order valence-electron chi connectivity index (χ1n) is 6.36. The predicted octanol–water partition coefficient (Wildman–Crippen LogP) is 2.35. The van der Waals surface area contributed by atoms with E-state index in [1.165, 1.54) is 18.4 Å². The summed E-state index contributed by atoms with van der Waals surface area (Å²) < 4.78 is 11.4. The highest BCUT2D eigenvalue weighted by atomic mass is 16.5. The molecule has 1 aromatic carbocycles. The molecule has 1 atom stereocenters. The molecule has 1 unspecified atom stereocenters. The van der Waals surface area contributed by atoms with Crippen LogP contribution in [0.3, 0.4) is 0 Å². The van der Waals surface area contributed by atoms with Crippen LogP contribution in [0.25, 0.3) is 0 Å². The fourth-order valence-electron chi connectivity index (χ4n) is 2.08. The van der Waals surface area contributed by atoms with Crippen LogP contribution in [-0.4, -0.2) is 26.4 Å². The molecule has 0 radical (unpaired) electrons. The maximum Gasteiger partial charge on any atom is 0.119 e. The summed E-state index contributed by atoms with van der Waals surface area (Å²) in [5.74, 6) is 0.937. The van der Waals surface area contributed by atoms with Crippen molar-refractivity contribution in [2.45, 2.75) is 31.9 Å². The quantitative estimate of drug-likeness (QED) is 0.850. The van der Waals surface area contributed by atoms with Crippen LogP contribution in [-0.2, 0) is 11.3 Å². The van der Waals surface area contributed by atoms with Gasteiger partial charge in [-0.15, -0.1) is 0 Å². The lowest BCUT2D eigenvalue weighted by Crippen LogP contribution is -2.25. The van der Waals surface area contributed by atoms with Gasteiger partial charge in [0.05, 0.1) is 6.10 Å². The standard InChI is InChI=1S/C14H21NO2/c1-15-10-12-5-4-7-13(9-12)17-11-14-6-2-3-8-16-14/h4-5,7,9,14-15H,2-3,6,8,10-11H2,1H3.